The van der Waals surface area contributed by atoms with Gasteiger partial charge in [-0.15, -0.1) is 24.8 Å². The number of hydrogen-bond acceptors (Lipinski definition) is 2. The second kappa shape index (κ2) is 4.18. The van der Waals surface area contributed by atoms with Gasteiger partial charge in [-0.1, -0.05) is 0 Å². The summed E-state index contributed by atoms with van der Waals surface area (Å²) < 4.78 is 1.88. The average Bonchev–Trinajstić information content (AvgIpc) is 2.36. The van der Waals surface area contributed by atoms with Crippen molar-refractivity contribution in [1.82, 2.24) is 9.38 Å². The van der Waals surface area contributed by atoms with Crippen molar-refractivity contribution in [2.45, 2.75) is 0 Å². The molecule has 0 radical (unpaired) electrons. The molecule has 0 aromatic carbocycles. The van der Waals surface area contributed by atoms with Crippen LogP contribution in [0.25, 0.3) is 5.65 Å². The largest absolute Gasteiger partial charge is 0.396 e. The van der Waals surface area contributed by atoms with Gasteiger partial charge in [-0.3, -0.25) is 0 Å². The predicted molar refractivity (Wildman–Crippen MR) is 54.1 cm³/mol. The zero-order valence-electron chi connectivity index (χ0n) is 6.18. The lowest BCUT2D eigenvalue weighted by Gasteiger charge is -1.94. The van der Waals surface area contributed by atoms with E-state index in [-0.39, 0.29) is 24.8 Å². The van der Waals surface area contributed by atoms with Crippen molar-refractivity contribution in [1.29, 1.82) is 0 Å². The number of fused-ring (bicyclic) bond motifs is 1. The number of pyridine rings is 1. The van der Waals surface area contributed by atoms with Gasteiger partial charge in [0.1, 0.15) is 0 Å². The van der Waals surface area contributed by atoms with E-state index in [1.165, 1.54) is 0 Å². The minimum atomic E-state index is 0. The number of imidazole rings is 1. The first-order chi connectivity index (χ1) is 4.88. The number of anilines is 1. The van der Waals surface area contributed by atoms with Gasteiger partial charge < -0.3 is 10.1 Å². The lowest BCUT2D eigenvalue weighted by atomic mass is 10.4. The smallest absolute Gasteiger partial charge is 0.159 e. The average molecular weight is 206 g/mol. The number of nitrogen functional groups attached to an aromatic ring is 1. The van der Waals surface area contributed by atoms with Crippen LogP contribution in [0.2, 0.25) is 0 Å². The molecule has 0 unspecified atom stereocenters. The Hall–Kier alpha value is -0.930. The molecule has 12 heavy (non-hydrogen) atoms. The lowest BCUT2D eigenvalue weighted by molar-refractivity contribution is 1.19. The van der Waals surface area contributed by atoms with Crippen molar-refractivity contribution in [2.75, 3.05) is 5.73 Å². The fraction of sp³-hybridized carbons (Fsp3) is 0. The molecule has 0 saturated heterocycles. The van der Waals surface area contributed by atoms with Gasteiger partial charge in [0.2, 0.25) is 0 Å². The van der Waals surface area contributed by atoms with Gasteiger partial charge in [-0.25, -0.2) is 4.98 Å². The van der Waals surface area contributed by atoms with Crippen LogP contribution >= 0.6 is 24.8 Å². The van der Waals surface area contributed by atoms with Gasteiger partial charge in [0.15, 0.2) is 5.65 Å². The summed E-state index contributed by atoms with van der Waals surface area (Å²) in [5.41, 5.74) is 7.15. The van der Waals surface area contributed by atoms with E-state index in [2.05, 4.69) is 4.98 Å². The van der Waals surface area contributed by atoms with E-state index in [0.717, 1.165) is 5.65 Å². The Morgan fingerprint density at radius 3 is 2.67 bits per heavy atom. The van der Waals surface area contributed by atoms with E-state index < -0.39 is 0 Å². The van der Waals surface area contributed by atoms with E-state index in [1.54, 1.807) is 6.20 Å². The number of halogens is 2. The van der Waals surface area contributed by atoms with Crippen LogP contribution < -0.4 is 5.73 Å². The van der Waals surface area contributed by atoms with Crippen molar-refractivity contribution in [3.05, 3.63) is 30.7 Å². The predicted octanol–water partition coefficient (Wildman–Crippen LogP) is 1.76. The summed E-state index contributed by atoms with van der Waals surface area (Å²) in [4.78, 5) is 4.06. The standard InChI is InChI=1S/C7H7N3.2ClH/c8-6-2-1-4-10-5-3-9-7(6)10;;/h1-5H,8H2;2*1H. The van der Waals surface area contributed by atoms with Gasteiger partial charge in [-0.2, -0.15) is 0 Å². The molecule has 2 N–H and O–H groups in total. The summed E-state index contributed by atoms with van der Waals surface area (Å²) >= 11 is 0. The highest BCUT2D eigenvalue weighted by Crippen LogP contribution is 2.08. The summed E-state index contributed by atoms with van der Waals surface area (Å²) in [7, 11) is 0. The Labute approximate surface area is 82.4 Å². The normalized spacial score (nSPS) is 8.67. The van der Waals surface area contributed by atoms with Crippen LogP contribution in [-0.2, 0) is 0 Å². The molecule has 2 heterocycles. The van der Waals surface area contributed by atoms with Crippen LogP contribution in [0.3, 0.4) is 0 Å². The van der Waals surface area contributed by atoms with Crippen LogP contribution in [0, 0.1) is 0 Å². The topological polar surface area (TPSA) is 43.3 Å². The maximum Gasteiger partial charge on any atom is 0.159 e. The first-order valence-corrected chi connectivity index (χ1v) is 3.05. The van der Waals surface area contributed by atoms with Crippen LogP contribution in [-0.4, -0.2) is 9.38 Å². The minimum absolute atomic E-state index is 0. The molecule has 2 aromatic heterocycles. The van der Waals surface area contributed by atoms with Crippen molar-refractivity contribution < 1.29 is 0 Å². The van der Waals surface area contributed by atoms with E-state index in [9.17, 15) is 0 Å². The van der Waals surface area contributed by atoms with Crippen LogP contribution in [0.5, 0.6) is 0 Å². The number of nitrogens with two attached hydrogens (primary N) is 1. The van der Waals surface area contributed by atoms with Crippen molar-refractivity contribution in [2.24, 2.45) is 0 Å². The molecular weight excluding hydrogens is 197 g/mol. The Kier molecular flexibility index (Phi) is 3.86. The molecule has 2 rings (SSSR count). The first kappa shape index (κ1) is 11.1. The summed E-state index contributed by atoms with van der Waals surface area (Å²) in [6.07, 6.45) is 5.51. The molecule has 0 amide bonds. The third kappa shape index (κ3) is 1.62. The molecule has 0 aliphatic heterocycles. The van der Waals surface area contributed by atoms with Crippen molar-refractivity contribution in [3.63, 3.8) is 0 Å². The van der Waals surface area contributed by atoms with Crippen LogP contribution in [0.4, 0.5) is 5.69 Å². The molecule has 66 valence electrons. The number of hydrogen-bond donors (Lipinski definition) is 1. The molecule has 0 spiro atoms. The molecular formula is C7H9Cl2N3. The lowest BCUT2D eigenvalue weighted by Crippen LogP contribution is -1.90. The highest BCUT2D eigenvalue weighted by molar-refractivity contribution is 5.85. The minimum Gasteiger partial charge on any atom is -0.396 e. The van der Waals surface area contributed by atoms with Crippen molar-refractivity contribution >= 4 is 36.1 Å². The van der Waals surface area contributed by atoms with Gasteiger partial charge in [-0.05, 0) is 12.1 Å². The summed E-state index contributed by atoms with van der Waals surface area (Å²) in [5.74, 6) is 0. The molecule has 2 aromatic rings. The zero-order valence-corrected chi connectivity index (χ0v) is 7.81. The van der Waals surface area contributed by atoms with Crippen LogP contribution in [0.15, 0.2) is 30.7 Å². The Balaban J connectivity index is 0.000000605. The molecule has 0 fully saturated rings. The zero-order chi connectivity index (χ0) is 6.97. The molecule has 0 bridgehead atoms. The molecule has 0 atom stereocenters. The third-order valence-electron chi connectivity index (χ3n) is 1.45. The summed E-state index contributed by atoms with van der Waals surface area (Å²) in [5, 5.41) is 0. The number of rotatable bonds is 0. The van der Waals surface area contributed by atoms with E-state index in [4.69, 9.17) is 5.73 Å². The SMILES string of the molecule is Cl.Cl.Nc1cccn2ccnc12. The van der Waals surface area contributed by atoms with Gasteiger partial charge in [0.25, 0.3) is 0 Å². The quantitative estimate of drug-likeness (QED) is 0.713. The number of aromatic nitrogens is 2. The Bertz CT molecular complexity index is 358. The Morgan fingerprint density at radius 2 is 2.00 bits per heavy atom. The van der Waals surface area contributed by atoms with Gasteiger partial charge >= 0.3 is 0 Å². The monoisotopic (exact) mass is 205 g/mol. The Morgan fingerprint density at radius 1 is 1.25 bits per heavy atom. The molecule has 3 nitrogen and oxygen atoms in total. The fourth-order valence-electron chi connectivity index (χ4n) is 0.971. The summed E-state index contributed by atoms with van der Waals surface area (Å²) in [6.45, 7) is 0. The molecule has 0 saturated carbocycles. The summed E-state index contributed by atoms with van der Waals surface area (Å²) in [6, 6.07) is 3.73. The molecule has 0 aliphatic carbocycles. The molecule has 5 heteroatoms. The molecule has 0 aliphatic rings. The van der Waals surface area contributed by atoms with E-state index in [0.29, 0.717) is 5.69 Å². The number of nitrogens with zero attached hydrogens (tertiary/aromatic N) is 2. The van der Waals surface area contributed by atoms with E-state index >= 15 is 0 Å². The van der Waals surface area contributed by atoms with Crippen molar-refractivity contribution in [3.8, 4) is 0 Å². The second-order valence-corrected chi connectivity index (χ2v) is 2.12. The highest BCUT2D eigenvalue weighted by Gasteiger charge is 1.94. The first-order valence-electron chi connectivity index (χ1n) is 3.05. The van der Waals surface area contributed by atoms with Crippen LogP contribution in [0.1, 0.15) is 0 Å². The van der Waals surface area contributed by atoms with E-state index in [1.807, 2.05) is 28.9 Å². The highest BCUT2D eigenvalue weighted by atomic mass is 35.5. The fourth-order valence-corrected chi connectivity index (χ4v) is 0.971. The second-order valence-electron chi connectivity index (χ2n) is 2.12. The van der Waals surface area contributed by atoms with Gasteiger partial charge in [0.05, 0.1) is 5.69 Å². The maximum absolute atomic E-state index is 5.62. The van der Waals surface area contributed by atoms with Gasteiger partial charge in [0, 0.05) is 18.6 Å². The third-order valence-corrected chi connectivity index (χ3v) is 1.45. The maximum atomic E-state index is 5.62.